The minimum absolute atomic E-state index is 0.244. The van der Waals surface area contributed by atoms with Crippen LogP contribution in [0.5, 0.6) is 5.75 Å². The van der Waals surface area contributed by atoms with Gasteiger partial charge in [0, 0.05) is 37.8 Å². The van der Waals surface area contributed by atoms with E-state index in [-0.39, 0.29) is 16.8 Å². The SMILES string of the molecule is COc1cc(N)c(Cl)cc1C(=O)N1CCN(C(=O)c2cccc(F)c2)CC1. The van der Waals surface area contributed by atoms with Crippen LogP contribution in [0.4, 0.5) is 10.1 Å². The van der Waals surface area contributed by atoms with Crippen LogP contribution in [0.25, 0.3) is 0 Å². The molecule has 2 aromatic rings. The molecule has 1 fully saturated rings. The van der Waals surface area contributed by atoms with Gasteiger partial charge < -0.3 is 20.3 Å². The minimum Gasteiger partial charge on any atom is -0.496 e. The molecule has 142 valence electrons. The molecule has 1 saturated heterocycles. The molecule has 0 spiro atoms. The van der Waals surface area contributed by atoms with Crippen LogP contribution < -0.4 is 10.5 Å². The van der Waals surface area contributed by atoms with Gasteiger partial charge in [0.25, 0.3) is 11.8 Å². The van der Waals surface area contributed by atoms with Crippen molar-refractivity contribution < 1.29 is 18.7 Å². The molecule has 0 saturated carbocycles. The van der Waals surface area contributed by atoms with E-state index < -0.39 is 5.82 Å². The molecule has 6 nitrogen and oxygen atoms in total. The Kier molecular flexibility index (Phi) is 5.51. The zero-order chi connectivity index (χ0) is 19.6. The first kappa shape index (κ1) is 19.0. The summed E-state index contributed by atoms with van der Waals surface area (Å²) < 4.78 is 18.6. The van der Waals surface area contributed by atoms with Crippen LogP contribution in [0.3, 0.4) is 0 Å². The fourth-order valence-corrected chi connectivity index (χ4v) is 3.16. The fraction of sp³-hybridized carbons (Fsp3) is 0.263. The minimum atomic E-state index is -0.456. The Balaban J connectivity index is 1.70. The number of nitrogens with two attached hydrogens (primary N) is 1. The van der Waals surface area contributed by atoms with E-state index in [0.29, 0.717) is 48.7 Å². The van der Waals surface area contributed by atoms with Crippen LogP contribution in [0.15, 0.2) is 36.4 Å². The molecule has 0 aromatic heterocycles. The number of nitrogen functional groups attached to an aromatic ring is 1. The van der Waals surface area contributed by atoms with Crippen molar-refractivity contribution in [2.24, 2.45) is 0 Å². The molecule has 0 radical (unpaired) electrons. The quantitative estimate of drug-likeness (QED) is 0.816. The van der Waals surface area contributed by atoms with Gasteiger partial charge in [0.2, 0.25) is 0 Å². The average molecular weight is 392 g/mol. The van der Waals surface area contributed by atoms with Gasteiger partial charge in [-0.1, -0.05) is 17.7 Å². The summed E-state index contributed by atoms with van der Waals surface area (Å²) in [5.41, 5.74) is 6.70. The Bertz CT molecular complexity index is 882. The second kappa shape index (κ2) is 7.84. The predicted molar refractivity (Wildman–Crippen MR) is 101 cm³/mol. The number of nitrogens with zero attached hydrogens (tertiary/aromatic N) is 2. The molecular weight excluding hydrogens is 373 g/mol. The van der Waals surface area contributed by atoms with Crippen molar-refractivity contribution in [3.8, 4) is 5.75 Å². The lowest BCUT2D eigenvalue weighted by Crippen LogP contribution is -2.50. The first-order chi connectivity index (χ1) is 12.9. The highest BCUT2D eigenvalue weighted by molar-refractivity contribution is 6.33. The molecule has 27 heavy (non-hydrogen) atoms. The van der Waals surface area contributed by atoms with Crippen LogP contribution >= 0.6 is 11.6 Å². The monoisotopic (exact) mass is 391 g/mol. The van der Waals surface area contributed by atoms with E-state index in [1.54, 1.807) is 15.9 Å². The molecule has 1 aliphatic rings. The van der Waals surface area contributed by atoms with Crippen molar-refractivity contribution in [2.75, 3.05) is 39.0 Å². The Hall–Kier alpha value is -2.80. The zero-order valence-electron chi connectivity index (χ0n) is 14.7. The smallest absolute Gasteiger partial charge is 0.257 e. The van der Waals surface area contributed by atoms with Crippen LogP contribution in [0.2, 0.25) is 5.02 Å². The number of hydrogen-bond acceptors (Lipinski definition) is 4. The van der Waals surface area contributed by atoms with Gasteiger partial charge in [-0.15, -0.1) is 0 Å². The number of rotatable bonds is 3. The van der Waals surface area contributed by atoms with E-state index in [2.05, 4.69) is 0 Å². The van der Waals surface area contributed by atoms with Gasteiger partial charge in [0.1, 0.15) is 11.6 Å². The second-order valence-corrected chi connectivity index (χ2v) is 6.58. The van der Waals surface area contributed by atoms with Gasteiger partial charge in [-0.3, -0.25) is 9.59 Å². The Morgan fingerprint density at radius 2 is 1.70 bits per heavy atom. The van der Waals surface area contributed by atoms with Crippen LogP contribution in [-0.2, 0) is 0 Å². The lowest BCUT2D eigenvalue weighted by atomic mass is 10.1. The summed E-state index contributed by atoms with van der Waals surface area (Å²) >= 11 is 6.04. The van der Waals surface area contributed by atoms with Crippen LogP contribution in [0, 0.1) is 5.82 Å². The van der Waals surface area contributed by atoms with E-state index in [0.717, 1.165) is 0 Å². The van der Waals surface area contributed by atoms with Gasteiger partial charge >= 0.3 is 0 Å². The topological polar surface area (TPSA) is 75.9 Å². The van der Waals surface area contributed by atoms with Crippen molar-refractivity contribution in [3.05, 3.63) is 58.4 Å². The van der Waals surface area contributed by atoms with Crippen molar-refractivity contribution in [1.82, 2.24) is 9.80 Å². The van der Waals surface area contributed by atoms with E-state index in [1.807, 2.05) is 0 Å². The molecule has 0 atom stereocenters. The summed E-state index contributed by atoms with van der Waals surface area (Å²) in [7, 11) is 1.45. The molecule has 0 aliphatic carbocycles. The number of anilines is 1. The fourth-order valence-electron chi connectivity index (χ4n) is 2.99. The van der Waals surface area contributed by atoms with E-state index in [9.17, 15) is 14.0 Å². The van der Waals surface area contributed by atoms with Crippen molar-refractivity contribution in [3.63, 3.8) is 0 Å². The molecule has 1 aliphatic heterocycles. The molecule has 2 amide bonds. The van der Waals surface area contributed by atoms with Gasteiger partial charge in [0.05, 0.1) is 23.4 Å². The standard InChI is InChI=1S/C19H19ClFN3O3/c1-27-17-11-16(22)15(20)10-14(17)19(26)24-7-5-23(6-8-24)18(25)12-3-2-4-13(21)9-12/h2-4,9-11H,5-8,22H2,1H3. The summed E-state index contributed by atoms with van der Waals surface area (Å²) in [4.78, 5) is 28.5. The molecule has 2 aromatic carbocycles. The van der Waals surface area contributed by atoms with Gasteiger partial charge in [0.15, 0.2) is 0 Å². The summed E-state index contributed by atoms with van der Waals surface area (Å²) in [5.74, 6) is -0.608. The number of ether oxygens (including phenoxy) is 1. The highest BCUT2D eigenvalue weighted by Gasteiger charge is 2.27. The van der Waals surface area contributed by atoms with Gasteiger partial charge in [-0.05, 0) is 24.3 Å². The largest absolute Gasteiger partial charge is 0.496 e. The number of hydrogen-bond donors (Lipinski definition) is 1. The number of halogens is 2. The van der Waals surface area contributed by atoms with E-state index >= 15 is 0 Å². The first-order valence-corrected chi connectivity index (χ1v) is 8.75. The summed E-state index contributed by atoms with van der Waals surface area (Å²) in [6.07, 6.45) is 0. The van der Waals surface area contributed by atoms with E-state index in [1.165, 1.54) is 37.4 Å². The summed E-state index contributed by atoms with van der Waals surface area (Å²) in [6.45, 7) is 1.41. The number of benzene rings is 2. The highest BCUT2D eigenvalue weighted by atomic mass is 35.5. The highest BCUT2D eigenvalue weighted by Crippen LogP contribution is 2.30. The molecule has 3 rings (SSSR count). The predicted octanol–water partition coefficient (Wildman–Crippen LogP) is 2.67. The van der Waals surface area contributed by atoms with Crippen molar-refractivity contribution in [1.29, 1.82) is 0 Å². The van der Waals surface area contributed by atoms with E-state index in [4.69, 9.17) is 22.1 Å². The number of piperazine rings is 1. The molecule has 1 heterocycles. The molecular formula is C19H19ClFN3O3. The Morgan fingerprint density at radius 1 is 1.07 bits per heavy atom. The molecule has 0 bridgehead atoms. The third-order valence-corrected chi connectivity index (χ3v) is 4.80. The average Bonchev–Trinajstić information content (AvgIpc) is 2.68. The van der Waals surface area contributed by atoms with Crippen molar-refractivity contribution in [2.45, 2.75) is 0 Å². The van der Waals surface area contributed by atoms with Gasteiger partial charge in [-0.2, -0.15) is 0 Å². The van der Waals surface area contributed by atoms with Crippen LogP contribution in [-0.4, -0.2) is 54.9 Å². The maximum atomic E-state index is 13.3. The molecule has 8 heteroatoms. The normalized spacial score (nSPS) is 14.2. The second-order valence-electron chi connectivity index (χ2n) is 6.17. The maximum absolute atomic E-state index is 13.3. The third-order valence-electron chi connectivity index (χ3n) is 4.47. The number of methoxy groups -OCH3 is 1. The van der Waals surface area contributed by atoms with Gasteiger partial charge in [-0.25, -0.2) is 4.39 Å². The number of carbonyl (C=O) groups is 2. The third kappa shape index (κ3) is 3.98. The lowest BCUT2D eigenvalue weighted by Gasteiger charge is -2.35. The Labute approximate surface area is 161 Å². The molecule has 0 unspecified atom stereocenters. The maximum Gasteiger partial charge on any atom is 0.257 e. The number of amides is 2. The summed E-state index contributed by atoms with van der Waals surface area (Å²) in [6, 6.07) is 8.57. The Morgan fingerprint density at radius 3 is 2.30 bits per heavy atom. The van der Waals surface area contributed by atoms with Crippen LogP contribution in [0.1, 0.15) is 20.7 Å². The number of carbonyl (C=O) groups excluding carboxylic acids is 2. The first-order valence-electron chi connectivity index (χ1n) is 8.38. The van der Waals surface area contributed by atoms with Crippen molar-refractivity contribution >= 4 is 29.1 Å². The molecule has 2 N–H and O–H groups in total. The lowest BCUT2D eigenvalue weighted by molar-refractivity contribution is 0.0533. The summed E-state index contributed by atoms with van der Waals surface area (Å²) in [5, 5.41) is 0.277. The zero-order valence-corrected chi connectivity index (χ0v) is 15.5.